The van der Waals surface area contributed by atoms with Gasteiger partial charge in [0, 0.05) is 31.1 Å². The predicted octanol–water partition coefficient (Wildman–Crippen LogP) is 2.49. The summed E-state index contributed by atoms with van der Waals surface area (Å²) in [6, 6.07) is 8.56. The van der Waals surface area contributed by atoms with Crippen LogP contribution in [0.15, 0.2) is 24.3 Å². The molecule has 0 aromatic heterocycles. The normalized spacial score (nSPS) is 24.5. The number of aliphatic hydroxyl groups is 1. The Hall–Kier alpha value is -0.550. The van der Waals surface area contributed by atoms with Crippen molar-refractivity contribution in [3.05, 3.63) is 35.4 Å². The topological polar surface area (TPSA) is 32.7 Å². The number of aryl methyl sites for hydroxylation is 1. The van der Waals surface area contributed by atoms with Gasteiger partial charge >= 0.3 is 0 Å². The summed E-state index contributed by atoms with van der Waals surface area (Å²) < 4.78 is 6.03. The highest BCUT2D eigenvalue weighted by molar-refractivity contribution is 7.99. The van der Waals surface area contributed by atoms with Crippen molar-refractivity contribution in [3.63, 3.8) is 0 Å². The second kappa shape index (κ2) is 7.63. The van der Waals surface area contributed by atoms with Gasteiger partial charge in [0.25, 0.3) is 0 Å². The highest BCUT2D eigenvalue weighted by atomic mass is 32.2. The fourth-order valence-electron chi connectivity index (χ4n) is 3.24. The molecule has 1 saturated heterocycles. The minimum absolute atomic E-state index is 0.168. The largest absolute Gasteiger partial charge is 0.389 e. The van der Waals surface area contributed by atoms with E-state index >= 15 is 0 Å². The Balaban J connectivity index is 1.49. The Bertz CT molecular complexity index is 448. The summed E-state index contributed by atoms with van der Waals surface area (Å²) in [5, 5.41) is 10.2. The molecule has 0 amide bonds. The highest BCUT2D eigenvalue weighted by Gasteiger charge is 2.22. The fraction of sp³-hybridized carbons (Fsp3) is 0.647. The van der Waals surface area contributed by atoms with Crippen LogP contribution in [0.25, 0.3) is 0 Å². The fourth-order valence-corrected chi connectivity index (χ4v) is 4.22. The predicted molar refractivity (Wildman–Crippen MR) is 87.8 cm³/mol. The summed E-state index contributed by atoms with van der Waals surface area (Å²) in [4.78, 5) is 2.35. The molecule has 2 aliphatic rings. The average Bonchev–Trinajstić information content (AvgIpc) is 2.54. The molecule has 116 valence electrons. The molecule has 4 heteroatoms. The van der Waals surface area contributed by atoms with Gasteiger partial charge in [0.2, 0.25) is 0 Å². The van der Waals surface area contributed by atoms with E-state index in [-0.39, 0.29) is 12.2 Å². The van der Waals surface area contributed by atoms with Gasteiger partial charge in [-0.1, -0.05) is 24.3 Å². The molecule has 21 heavy (non-hydrogen) atoms. The first kappa shape index (κ1) is 15.3. The molecule has 0 spiro atoms. The van der Waals surface area contributed by atoms with E-state index in [0.717, 1.165) is 32.5 Å². The van der Waals surface area contributed by atoms with Crippen LogP contribution in [0, 0.1) is 0 Å². The Morgan fingerprint density at radius 2 is 2.10 bits per heavy atom. The summed E-state index contributed by atoms with van der Waals surface area (Å²) in [7, 11) is 0. The van der Waals surface area contributed by atoms with E-state index in [1.807, 2.05) is 11.8 Å². The molecule has 0 saturated carbocycles. The van der Waals surface area contributed by atoms with Gasteiger partial charge in [0.1, 0.15) is 0 Å². The van der Waals surface area contributed by atoms with Crippen LogP contribution in [0.2, 0.25) is 0 Å². The minimum Gasteiger partial charge on any atom is -0.389 e. The summed E-state index contributed by atoms with van der Waals surface area (Å²) in [6.45, 7) is 3.37. The van der Waals surface area contributed by atoms with Crippen molar-refractivity contribution in [3.8, 4) is 0 Å². The third kappa shape index (κ3) is 4.22. The molecule has 0 bridgehead atoms. The lowest BCUT2D eigenvalue weighted by Crippen LogP contribution is -2.40. The van der Waals surface area contributed by atoms with Gasteiger partial charge in [-0.15, -0.1) is 0 Å². The van der Waals surface area contributed by atoms with Gasteiger partial charge in [0.15, 0.2) is 0 Å². The van der Waals surface area contributed by atoms with Crippen LogP contribution in [-0.2, 0) is 11.2 Å². The van der Waals surface area contributed by atoms with Crippen molar-refractivity contribution in [2.24, 2.45) is 0 Å². The van der Waals surface area contributed by atoms with Gasteiger partial charge in [-0.3, -0.25) is 4.90 Å². The molecule has 0 radical (unpaired) electrons. The molecule has 3 nitrogen and oxygen atoms in total. The summed E-state index contributed by atoms with van der Waals surface area (Å²) >= 11 is 2.00. The van der Waals surface area contributed by atoms with Crippen LogP contribution in [0.4, 0.5) is 0 Å². The van der Waals surface area contributed by atoms with E-state index in [1.165, 1.54) is 29.1 Å². The number of ether oxygens (including phenoxy) is 1. The highest BCUT2D eigenvalue weighted by Crippen LogP contribution is 2.32. The molecule has 1 aliphatic carbocycles. The molecular weight excluding hydrogens is 282 g/mol. The maximum Gasteiger partial charge on any atom is 0.0900 e. The summed E-state index contributed by atoms with van der Waals surface area (Å²) in [5.41, 5.74) is 2.74. The minimum atomic E-state index is -0.373. The molecule has 1 fully saturated rings. The number of thioether (sulfide) groups is 1. The first-order chi connectivity index (χ1) is 10.3. The van der Waals surface area contributed by atoms with Crippen LogP contribution in [0.3, 0.4) is 0 Å². The second-order valence-corrected chi connectivity index (χ2v) is 7.20. The Morgan fingerprint density at radius 1 is 1.29 bits per heavy atom. The summed E-state index contributed by atoms with van der Waals surface area (Å²) in [6.07, 6.45) is 3.21. The van der Waals surface area contributed by atoms with Gasteiger partial charge in [-0.2, -0.15) is 11.8 Å². The molecule has 1 aromatic carbocycles. The maximum atomic E-state index is 10.2. The molecule has 1 aromatic rings. The van der Waals surface area contributed by atoms with Gasteiger partial charge in [0.05, 0.1) is 18.8 Å². The molecule has 1 N–H and O–H groups in total. The van der Waals surface area contributed by atoms with E-state index < -0.39 is 0 Å². The number of fused-ring (bicyclic) bond motifs is 1. The lowest BCUT2D eigenvalue weighted by atomic mass is 9.89. The van der Waals surface area contributed by atoms with Gasteiger partial charge in [-0.25, -0.2) is 0 Å². The Kier molecular flexibility index (Phi) is 5.58. The third-order valence-corrected chi connectivity index (χ3v) is 5.32. The Morgan fingerprint density at radius 3 is 2.95 bits per heavy atom. The molecule has 2 unspecified atom stereocenters. The zero-order valence-electron chi connectivity index (χ0n) is 12.5. The molecule has 2 atom stereocenters. The number of nitrogens with zero attached hydrogens (tertiary/aromatic N) is 1. The SMILES string of the molecule is OC(COC1CCCc2ccccc21)CN1CCSCC1. The first-order valence-corrected chi connectivity index (χ1v) is 9.16. The lowest BCUT2D eigenvalue weighted by Gasteiger charge is -2.30. The molecule has 1 heterocycles. The first-order valence-electron chi connectivity index (χ1n) is 8.00. The van der Waals surface area contributed by atoms with E-state index in [2.05, 4.69) is 29.2 Å². The molecule has 1 aliphatic heterocycles. The number of benzene rings is 1. The molecule has 3 rings (SSSR count). The van der Waals surface area contributed by atoms with E-state index in [1.54, 1.807) is 0 Å². The lowest BCUT2D eigenvalue weighted by molar-refractivity contribution is -0.0273. The average molecular weight is 307 g/mol. The second-order valence-electron chi connectivity index (χ2n) is 5.98. The number of hydrogen-bond acceptors (Lipinski definition) is 4. The van der Waals surface area contributed by atoms with E-state index in [0.29, 0.717) is 6.61 Å². The number of β-amino-alcohol motifs (C(OH)–C–C–N with tert-alkyl or cyclic N) is 1. The van der Waals surface area contributed by atoms with Crippen molar-refractivity contribution in [1.82, 2.24) is 4.90 Å². The van der Waals surface area contributed by atoms with Crippen LogP contribution in [-0.4, -0.2) is 53.9 Å². The van der Waals surface area contributed by atoms with Crippen molar-refractivity contribution in [1.29, 1.82) is 0 Å². The zero-order chi connectivity index (χ0) is 14.5. The van der Waals surface area contributed by atoms with Gasteiger partial charge < -0.3 is 9.84 Å². The van der Waals surface area contributed by atoms with Crippen LogP contribution in [0.1, 0.15) is 30.1 Å². The standard InChI is InChI=1S/C17H25NO2S/c19-15(12-18-8-10-21-11-9-18)13-20-17-7-3-5-14-4-1-2-6-16(14)17/h1-2,4,6,15,17,19H,3,5,7-13H2. The molecular formula is C17H25NO2S. The monoisotopic (exact) mass is 307 g/mol. The number of hydrogen-bond donors (Lipinski definition) is 1. The quantitative estimate of drug-likeness (QED) is 0.906. The van der Waals surface area contributed by atoms with E-state index in [9.17, 15) is 5.11 Å². The summed E-state index contributed by atoms with van der Waals surface area (Å²) in [5.74, 6) is 2.37. The van der Waals surface area contributed by atoms with Gasteiger partial charge in [-0.05, 0) is 30.4 Å². The van der Waals surface area contributed by atoms with Crippen molar-refractivity contribution in [2.75, 3.05) is 37.7 Å². The zero-order valence-corrected chi connectivity index (χ0v) is 13.4. The maximum absolute atomic E-state index is 10.2. The van der Waals surface area contributed by atoms with Crippen molar-refractivity contribution >= 4 is 11.8 Å². The van der Waals surface area contributed by atoms with Crippen LogP contribution >= 0.6 is 11.8 Å². The Labute approximate surface area is 131 Å². The van der Waals surface area contributed by atoms with Crippen molar-refractivity contribution < 1.29 is 9.84 Å². The van der Waals surface area contributed by atoms with Crippen LogP contribution < -0.4 is 0 Å². The third-order valence-electron chi connectivity index (χ3n) is 4.38. The smallest absolute Gasteiger partial charge is 0.0900 e. The number of rotatable bonds is 5. The van der Waals surface area contributed by atoms with E-state index in [4.69, 9.17) is 4.74 Å². The van der Waals surface area contributed by atoms with Crippen LogP contribution in [0.5, 0.6) is 0 Å². The van der Waals surface area contributed by atoms with Crippen molar-refractivity contribution in [2.45, 2.75) is 31.5 Å². The number of aliphatic hydroxyl groups excluding tert-OH is 1.